The Bertz CT molecular complexity index is 358. The molecule has 0 saturated carbocycles. The van der Waals surface area contributed by atoms with Gasteiger partial charge in [-0.25, -0.2) is 8.42 Å². The van der Waals surface area contributed by atoms with Gasteiger partial charge in [-0.1, -0.05) is 6.08 Å². The van der Waals surface area contributed by atoms with E-state index in [1.54, 1.807) is 4.90 Å². The lowest BCUT2D eigenvalue weighted by molar-refractivity contribution is -0.130. The van der Waals surface area contributed by atoms with Crippen LogP contribution in [0, 0.1) is 0 Å². The average Bonchev–Trinajstić information content (AvgIpc) is 2.68. The summed E-state index contributed by atoms with van der Waals surface area (Å²) < 4.78 is 23.9. The lowest BCUT2D eigenvalue weighted by Crippen LogP contribution is -2.41. The number of amides is 1. The van der Waals surface area contributed by atoms with Crippen LogP contribution in [0.1, 0.15) is 12.8 Å². The van der Waals surface area contributed by atoms with Crippen molar-refractivity contribution in [2.45, 2.75) is 12.8 Å². The minimum atomic E-state index is -3.34. The molecule has 0 spiro atoms. The third-order valence-corrected chi connectivity index (χ3v) is 3.79. The maximum Gasteiger partial charge on any atom is 0.237 e. The lowest BCUT2D eigenvalue weighted by Gasteiger charge is -2.21. The van der Waals surface area contributed by atoms with Crippen molar-refractivity contribution in [3.05, 3.63) is 12.7 Å². The van der Waals surface area contributed by atoms with E-state index in [4.69, 9.17) is 0 Å². The highest BCUT2D eigenvalue weighted by Gasteiger charge is 2.24. The summed E-state index contributed by atoms with van der Waals surface area (Å²) in [6, 6.07) is 0. The topological polar surface area (TPSA) is 57.7 Å². The van der Waals surface area contributed by atoms with Crippen molar-refractivity contribution >= 4 is 15.9 Å². The molecule has 1 rings (SSSR count). The van der Waals surface area contributed by atoms with E-state index in [1.807, 2.05) is 0 Å². The summed E-state index contributed by atoms with van der Waals surface area (Å²) >= 11 is 0. The van der Waals surface area contributed by atoms with Crippen LogP contribution >= 0.6 is 0 Å². The van der Waals surface area contributed by atoms with Crippen molar-refractivity contribution in [1.82, 2.24) is 9.21 Å². The van der Waals surface area contributed by atoms with Gasteiger partial charge in [-0.3, -0.25) is 4.79 Å². The molecule has 5 nitrogen and oxygen atoms in total. The van der Waals surface area contributed by atoms with E-state index in [2.05, 4.69) is 6.58 Å². The lowest BCUT2D eigenvalue weighted by atomic mass is 10.4. The maximum absolute atomic E-state index is 11.8. The quantitative estimate of drug-likeness (QED) is 0.644. The molecule has 0 N–H and O–H groups in total. The average molecular weight is 246 g/mol. The standard InChI is InChI=1S/C10H18N2O3S/c1-3-6-12(16(2,14)15)9-10(13)11-7-4-5-8-11/h3H,1,4-9H2,2H3. The maximum atomic E-state index is 11.8. The Kier molecular flexibility index (Phi) is 4.49. The number of carbonyl (C=O) groups excluding carboxylic acids is 1. The van der Waals surface area contributed by atoms with Crippen molar-refractivity contribution in [3.63, 3.8) is 0 Å². The minimum absolute atomic E-state index is 0.0785. The molecule has 1 heterocycles. The normalized spacial score (nSPS) is 16.8. The Labute approximate surface area is 96.8 Å². The first-order valence-corrected chi connectivity index (χ1v) is 7.14. The SMILES string of the molecule is C=CCN(CC(=O)N1CCCC1)S(C)(=O)=O. The number of hydrogen-bond donors (Lipinski definition) is 0. The molecule has 1 aliphatic rings. The van der Waals surface area contributed by atoms with Gasteiger partial charge in [0.2, 0.25) is 15.9 Å². The fourth-order valence-electron chi connectivity index (χ4n) is 1.68. The smallest absolute Gasteiger partial charge is 0.237 e. The van der Waals surface area contributed by atoms with Gasteiger partial charge in [0.1, 0.15) is 0 Å². The van der Waals surface area contributed by atoms with E-state index in [9.17, 15) is 13.2 Å². The highest BCUT2D eigenvalue weighted by molar-refractivity contribution is 7.88. The van der Waals surface area contributed by atoms with Crippen LogP contribution in [0.15, 0.2) is 12.7 Å². The van der Waals surface area contributed by atoms with Gasteiger partial charge < -0.3 is 4.90 Å². The molecule has 0 bridgehead atoms. The minimum Gasteiger partial charge on any atom is -0.342 e. The van der Waals surface area contributed by atoms with Crippen LogP contribution in [-0.2, 0) is 14.8 Å². The zero-order chi connectivity index (χ0) is 12.2. The fraction of sp³-hybridized carbons (Fsp3) is 0.700. The Morgan fingerprint density at radius 2 is 2.00 bits per heavy atom. The second-order valence-electron chi connectivity index (χ2n) is 3.93. The zero-order valence-electron chi connectivity index (χ0n) is 9.55. The molecule has 0 aromatic carbocycles. The van der Waals surface area contributed by atoms with Crippen LogP contribution in [0.5, 0.6) is 0 Å². The summed E-state index contributed by atoms with van der Waals surface area (Å²) in [6.45, 7) is 5.07. The van der Waals surface area contributed by atoms with Crippen LogP contribution in [0.4, 0.5) is 0 Å². The molecule has 6 heteroatoms. The predicted octanol–water partition coefficient (Wildman–Crippen LogP) is 0.0564. The Hall–Kier alpha value is -0.880. The first-order valence-electron chi connectivity index (χ1n) is 5.29. The van der Waals surface area contributed by atoms with Crippen molar-refractivity contribution in [1.29, 1.82) is 0 Å². The van der Waals surface area contributed by atoms with Gasteiger partial charge in [-0.05, 0) is 12.8 Å². The summed E-state index contributed by atoms with van der Waals surface area (Å²) in [5.41, 5.74) is 0. The monoisotopic (exact) mass is 246 g/mol. The Morgan fingerprint density at radius 1 is 1.44 bits per heavy atom. The van der Waals surface area contributed by atoms with Gasteiger partial charge in [0.25, 0.3) is 0 Å². The largest absolute Gasteiger partial charge is 0.342 e. The second kappa shape index (κ2) is 5.45. The molecular formula is C10H18N2O3S. The zero-order valence-corrected chi connectivity index (χ0v) is 10.4. The third kappa shape index (κ3) is 3.61. The van der Waals surface area contributed by atoms with Gasteiger partial charge in [-0.2, -0.15) is 4.31 Å². The second-order valence-corrected chi connectivity index (χ2v) is 5.91. The number of carbonyl (C=O) groups is 1. The van der Waals surface area contributed by atoms with Crippen molar-refractivity contribution in [3.8, 4) is 0 Å². The van der Waals surface area contributed by atoms with Crippen LogP contribution in [0.3, 0.4) is 0 Å². The predicted molar refractivity (Wildman–Crippen MR) is 62.4 cm³/mol. The van der Waals surface area contributed by atoms with Crippen LogP contribution in [-0.4, -0.2) is 56.0 Å². The summed E-state index contributed by atoms with van der Waals surface area (Å²) in [6.07, 6.45) is 4.60. The van der Waals surface area contributed by atoms with E-state index >= 15 is 0 Å². The molecule has 0 atom stereocenters. The number of hydrogen-bond acceptors (Lipinski definition) is 3. The van der Waals surface area contributed by atoms with Crippen molar-refractivity contribution in [2.75, 3.05) is 32.4 Å². The van der Waals surface area contributed by atoms with E-state index in [0.29, 0.717) is 0 Å². The highest BCUT2D eigenvalue weighted by Crippen LogP contribution is 2.09. The summed E-state index contributed by atoms with van der Waals surface area (Å²) in [5.74, 6) is -0.121. The van der Waals surface area contributed by atoms with E-state index in [0.717, 1.165) is 36.5 Å². The van der Waals surface area contributed by atoms with Crippen molar-refractivity contribution in [2.24, 2.45) is 0 Å². The number of sulfonamides is 1. The summed E-state index contributed by atoms with van der Waals surface area (Å²) in [5, 5.41) is 0. The number of nitrogens with zero attached hydrogens (tertiary/aromatic N) is 2. The molecule has 0 aromatic heterocycles. The highest BCUT2D eigenvalue weighted by atomic mass is 32.2. The van der Waals surface area contributed by atoms with Crippen LogP contribution < -0.4 is 0 Å². The number of rotatable bonds is 5. The molecule has 92 valence electrons. The van der Waals surface area contributed by atoms with Crippen molar-refractivity contribution < 1.29 is 13.2 Å². The molecule has 0 radical (unpaired) electrons. The molecule has 1 saturated heterocycles. The molecule has 0 unspecified atom stereocenters. The van der Waals surface area contributed by atoms with Crippen LogP contribution in [0.2, 0.25) is 0 Å². The van der Waals surface area contributed by atoms with Crippen LogP contribution in [0.25, 0.3) is 0 Å². The van der Waals surface area contributed by atoms with Gasteiger partial charge >= 0.3 is 0 Å². The first-order chi connectivity index (χ1) is 7.45. The molecule has 1 aliphatic heterocycles. The van der Waals surface area contributed by atoms with Gasteiger partial charge in [0, 0.05) is 19.6 Å². The molecule has 1 fully saturated rings. The fourth-order valence-corrected chi connectivity index (χ4v) is 2.40. The molecule has 1 amide bonds. The van der Waals surface area contributed by atoms with Gasteiger partial charge in [-0.15, -0.1) is 6.58 Å². The molecular weight excluding hydrogens is 228 g/mol. The Balaban J connectivity index is 2.60. The molecule has 0 aliphatic carbocycles. The number of likely N-dealkylation sites (tertiary alicyclic amines) is 1. The van der Waals surface area contributed by atoms with E-state index in [-0.39, 0.29) is 19.0 Å². The molecule has 0 aromatic rings. The Morgan fingerprint density at radius 3 is 2.44 bits per heavy atom. The van der Waals surface area contributed by atoms with Gasteiger partial charge in [0.05, 0.1) is 12.8 Å². The van der Waals surface area contributed by atoms with Gasteiger partial charge in [0.15, 0.2) is 0 Å². The summed E-state index contributed by atoms with van der Waals surface area (Å²) in [7, 11) is -3.34. The first kappa shape index (κ1) is 13.2. The summed E-state index contributed by atoms with van der Waals surface area (Å²) in [4.78, 5) is 13.5. The van der Waals surface area contributed by atoms with E-state index < -0.39 is 10.0 Å². The third-order valence-electron chi connectivity index (χ3n) is 2.57. The molecule has 16 heavy (non-hydrogen) atoms. The van der Waals surface area contributed by atoms with E-state index in [1.165, 1.54) is 6.08 Å².